The van der Waals surface area contributed by atoms with Gasteiger partial charge in [0.05, 0.1) is 46.0 Å². The molecule has 16 nitrogen and oxygen atoms in total. The van der Waals surface area contributed by atoms with Gasteiger partial charge in [0, 0.05) is 47.1 Å². The molecule has 2 saturated heterocycles. The number of ether oxygens (including phenoxy) is 2. The Hall–Kier alpha value is -8.50. The van der Waals surface area contributed by atoms with Gasteiger partial charge in [0.2, 0.25) is 23.6 Å². The van der Waals surface area contributed by atoms with Crippen LogP contribution in [0, 0.1) is 11.8 Å². The smallest absolute Gasteiger partial charge is 0.416 e. The van der Waals surface area contributed by atoms with Crippen LogP contribution in [-0.4, -0.2) is 89.8 Å². The van der Waals surface area contributed by atoms with Crippen molar-refractivity contribution in [2.75, 3.05) is 48.3 Å². The fraction of sp³-hybridized carbons (Fsp3) is 0.333. The second kappa shape index (κ2) is 25.1. The zero-order valence-electron chi connectivity index (χ0n) is 45.6. The fourth-order valence-corrected chi connectivity index (χ4v) is 10.2. The molecule has 22 heteroatoms. The van der Waals surface area contributed by atoms with Gasteiger partial charge in [0.1, 0.15) is 35.3 Å². The highest BCUT2D eigenvalue weighted by atomic mass is 19.4. The molecule has 2 fully saturated rings. The minimum atomic E-state index is -4.59. The van der Waals surface area contributed by atoms with Crippen LogP contribution in [0.5, 0.6) is 23.3 Å². The number of rotatable bonds is 14. The van der Waals surface area contributed by atoms with Crippen LogP contribution < -0.4 is 31.6 Å². The lowest BCUT2D eigenvalue weighted by Gasteiger charge is -2.35. The highest BCUT2D eigenvalue weighted by Crippen LogP contribution is 2.40. The number of carbonyl (C=O) groups excluding carboxylic acids is 2. The van der Waals surface area contributed by atoms with Gasteiger partial charge in [-0.05, 0) is 111 Å². The number of alkyl halides is 6. The highest BCUT2D eigenvalue weighted by Gasteiger charge is 2.35. The first-order valence-electron chi connectivity index (χ1n) is 27.0. The zero-order valence-corrected chi connectivity index (χ0v) is 45.6. The van der Waals surface area contributed by atoms with E-state index in [0.717, 1.165) is 86.9 Å². The molecule has 4 aromatic carbocycles. The number of benzene rings is 4. The molecule has 0 saturated carbocycles. The average molecular weight is 1130 g/mol. The van der Waals surface area contributed by atoms with Crippen LogP contribution in [0.3, 0.4) is 0 Å². The summed E-state index contributed by atoms with van der Waals surface area (Å²) in [4.78, 5) is 56.8. The molecule has 2 aliphatic heterocycles. The number of aromatic nitrogens is 6. The lowest BCUT2D eigenvalue weighted by Crippen LogP contribution is -2.48. The molecule has 6 N–H and O–H groups in total. The highest BCUT2D eigenvalue weighted by molar-refractivity contribution is 5.99. The van der Waals surface area contributed by atoms with Crippen molar-refractivity contribution in [1.29, 1.82) is 0 Å². The van der Waals surface area contributed by atoms with Gasteiger partial charge in [0.25, 0.3) is 0 Å². The van der Waals surface area contributed by atoms with E-state index in [-0.39, 0.29) is 46.3 Å². The molecule has 0 unspecified atom stereocenters. The Balaban J connectivity index is 0.000000198. The van der Waals surface area contributed by atoms with Crippen molar-refractivity contribution in [3.63, 3.8) is 0 Å². The lowest BCUT2D eigenvalue weighted by atomic mass is 9.99. The summed E-state index contributed by atoms with van der Waals surface area (Å²) in [5.74, 6) is 1.79. The molecule has 10 rings (SSSR count). The Bertz CT molecular complexity index is 3350. The van der Waals surface area contributed by atoms with Crippen LogP contribution in [0.15, 0.2) is 122 Å². The molecule has 2 aliphatic rings. The minimum absolute atomic E-state index is 0.0177. The van der Waals surface area contributed by atoms with Crippen LogP contribution in [0.25, 0.3) is 44.3 Å². The maximum atomic E-state index is 13.7. The third-order valence-electron chi connectivity index (χ3n) is 13.9. The Labute approximate surface area is 469 Å². The van der Waals surface area contributed by atoms with E-state index in [1.807, 2.05) is 24.3 Å². The molecule has 0 radical (unpaired) electrons. The van der Waals surface area contributed by atoms with E-state index in [0.29, 0.717) is 70.0 Å². The van der Waals surface area contributed by atoms with E-state index < -0.39 is 35.6 Å². The first-order chi connectivity index (χ1) is 39.2. The second-order valence-electron chi connectivity index (χ2n) is 21.1. The summed E-state index contributed by atoms with van der Waals surface area (Å²) < 4.78 is 94.1. The zero-order chi connectivity index (χ0) is 58.3. The number of hydrogen-bond acceptors (Lipinski definition) is 14. The Morgan fingerprint density at radius 2 is 0.976 bits per heavy atom. The quantitative estimate of drug-likeness (QED) is 0.0746. The van der Waals surface area contributed by atoms with Gasteiger partial charge in [-0.25, -0.2) is 29.9 Å². The second-order valence-corrected chi connectivity index (χ2v) is 21.1. The van der Waals surface area contributed by atoms with Crippen molar-refractivity contribution in [2.24, 2.45) is 11.8 Å². The van der Waals surface area contributed by atoms with Crippen LogP contribution >= 0.6 is 0 Å². The number of amides is 2. The summed E-state index contributed by atoms with van der Waals surface area (Å²) in [6.07, 6.45) is -1.66. The summed E-state index contributed by atoms with van der Waals surface area (Å²) in [5, 5.41) is 7.20. The van der Waals surface area contributed by atoms with E-state index in [1.54, 1.807) is 36.4 Å². The SMILES string of the molecule is CC(C)CN1CCCC[C@@H]1C(=O)Nc1cc(C(F)(F)F)ccc1-c1cc(Oc2cccc3ccc(N)nc23)ncn1.CC(C)CN1CCCC[C@H]1C(=O)Nc1cc(C(F)(F)F)ccc1-c1cc(Oc2cccc3ccc(N)nc23)ncn1. The number of carbonyl (C=O) groups is 2. The number of nitrogens with two attached hydrogens (primary N) is 2. The lowest BCUT2D eigenvalue weighted by molar-refractivity contribution is -0.138. The van der Waals surface area contributed by atoms with Crippen LogP contribution in [-0.2, 0) is 21.9 Å². The van der Waals surface area contributed by atoms with Crippen LogP contribution in [0.2, 0.25) is 0 Å². The predicted octanol–water partition coefficient (Wildman–Crippen LogP) is 13.1. The predicted molar refractivity (Wildman–Crippen MR) is 303 cm³/mol. The van der Waals surface area contributed by atoms with Gasteiger partial charge in [-0.1, -0.05) is 76.9 Å². The molecule has 82 heavy (non-hydrogen) atoms. The van der Waals surface area contributed by atoms with Crippen LogP contribution in [0.1, 0.15) is 77.3 Å². The van der Waals surface area contributed by atoms with E-state index in [4.69, 9.17) is 20.9 Å². The summed E-state index contributed by atoms with van der Waals surface area (Å²) >= 11 is 0. The van der Waals surface area contributed by atoms with Gasteiger partial charge in [-0.15, -0.1) is 0 Å². The molecule has 2 amide bonds. The number of halogens is 6. The molecule has 428 valence electrons. The topological polar surface area (TPSA) is 213 Å². The van der Waals surface area contributed by atoms with Gasteiger partial charge in [-0.2, -0.15) is 26.3 Å². The number of pyridine rings is 2. The van der Waals surface area contributed by atoms with E-state index in [2.05, 4.69) is 78.0 Å². The average Bonchev–Trinajstić information content (AvgIpc) is 3.55. The summed E-state index contributed by atoms with van der Waals surface area (Å²) in [6, 6.07) is 26.4. The number of hydrogen-bond donors (Lipinski definition) is 4. The fourth-order valence-electron chi connectivity index (χ4n) is 10.2. The molecule has 6 heterocycles. The molecule has 0 spiro atoms. The maximum Gasteiger partial charge on any atom is 0.416 e. The van der Waals surface area contributed by atoms with E-state index in [9.17, 15) is 35.9 Å². The number of anilines is 4. The summed E-state index contributed by atoms with van der Waals surface area (Å²) in [7, 11) is 0. The van der Waals surface area contributed by atoms with E-state index >= 15 is 0 Å². The number of likely N-dealkylation sites (tertiary alicyclic amines) is 2. The number of fused-ring (bicyclic) bond motifs is 2. The number of nitrogens with one attached hydrogen (secondary N) is 2. The normalized spacial score (nSPS) is 16.2. The molecular formula is C60H62F6N12O4. The van der Waals surface area contributed by atoms with Gasteiger partial charge < -0.3 is 31.6 Å². The first-order valence-corrected chi connectivity index (χ1v) is 27.0. The monoisotopic (exact) mass is 1130 g/mol. The maximum absolute atomic E-state index is 13.7. The molecule has 4 aromatic heterocycles. The van der Waals surface area contributed by atoms with Crippen molar-refractivity contribution >= 4 is 56.6 Å². The summed E-state index contributed by atoms with van der Waals surface area (Å²) in [5.41, 5.74) is 12.3. The number of nitrogen functional groups attached to an aromatic ring is 2. The number of piperidine rings is 2. The number of para-hydroxylation sites is 2. The third kappa shape index (κ3) is 14.3. The molecule has 0 aliphatic carbocycles. The van der Waals surface area contributed by atoms with Crippen molar-refractivity contribution in [3.8, 4) is 45.8 Å². The Morgan fingerprint density at radius 3 is 1.37 bits per heavy atom. The summed E-state index contributed by atoms with van der Waals surface area (Å²) in [6.45, 7) is 11.3. The van der Waals surface area contributed by atoms with Crippen molar-refractivity contribution in [3.05, 3.63) is 133 Å². The van der Waals surface area contributed by atoms with Crippen LogP contribution in [0.4, 0.5) is 49.4 Å². The molecule has 8 aromatic rings. The Kier molecular flexibility index (Phi) is 17.8. The largest absolute Gasteiger partial charge is 0.437 e. The third-order valence-corrected chi connectivity index (χ3v) is 13.9. The standard InChI is InChI=1S/2C30H31F3N6O2/c2*1-18(2)16-39-13-4-3-7-24(39)29(40)37-23-14-20(30(31,32)33)10-11-21(23)22-15-27(36-17-35-22)41-25-8-5-6-19-9-12-26(34)38-28(19)25/h2*5-6,8-12,14-15,17-18,24H,3-4,7,13,16H2,1-2H3,(H2,34,38)(H,37,40)/t2*24-/m10/s1. The molecular weight excluding hydrogens is 1070 g/mol. The van der Waals surface area contributed by atoms with Gasteiger partial charge >= 0.3 is 12.4 Å². The van der Waals surface area contributed by atoms with E-state index in [1.165, 1.54) is 36.9 Å². The Morgan fingerprint density at radius 1 is 0.561 bits per heavy atom. The minimum Gasteiger partial charge on any atom is -0.437 e. The first kappa shape index (κ1) is 58.2. The van der Waals surface area contributed by atoms with Gasteiger partial charge in [0.15, 0.2) is 11.5 Å². The van der Waals surface area contributed by atoms with Crippen molar-refractivity contribution in [1.82, 2.24) is 39.7 Å². The van der Waals surface area contributed by atoms with Crippen molar-refractivity contribution < 1.29 is 45.4 Å². The van der Waals surface area contributed by atoms with Crippen molar-refractivity contribution in [2.45, 2.75) is 90.7 Å². The molecule has 2 atom stereocenters. The molecule has 0 bridgehead atoms. The number of nitrogens with zero attached hydrogens (tertiary/aromatic N) is 8. The van der Waals surface area contributed by atoms with Gasteiger partial charge in [-0.3, -0.25) is 19.4 Å².